The van der Waals surface area contributed by atoms with Crippen LogP contribution in [0, 0.1) is 31.0 Å². The van der Waals surface area contributed by atoms with Gasteiger partial charge in [0.2, 0.25) is 0 Å². The van der Waals surface area contributed by atoms with Gasteiger partial charge in [-0.15, -0.1) is 11.3 Å². The van der Waals surface area contributed by atoms with Crippen LogP contribution in [0.3, 0.4) is 0 Å². The van der Waals surface area contributed by atoms with Gasteiger partial charge in [-0.1, -0.05) is 23.8 Å². The average Bonchev–Trinajstić information content (AvgIpc) is 3.35. The van der Waals surface area contributed by atoms with Crippen molar-refractivity contribution < 1.29 is 9.18 Å². The highest BCUT2D eigenvalue weighted by molar-refractivity contribution is 7.13. The molecule has 0 bridgehead atoms. The monoisotopic (exact) mass is 430 g/mol. The summed E-state index contributed by atoms with van der Waals surface area (Å²) < 4.78 is 15.4. The third-order valence-electron chi connectivity index (χ3n) is 5.09. The molecule has 0 spiro atoms. The lowest BCUT2D eigenvalue weighted by molar-refractivity contribution is -0.112. The Labute approximate surface area is 183 Å². The number of aromatic nitrogens is 2. The molecule has 2 aromatic carbocycles. The van der Waals surface area contributed by atoms with Gasteiger partial charge in [0.05, 0.1) is 0 Å². The molecule has 0 atom stereocenters. The largest absolute Gasteiger partial charge is 0.340 e. The lowest BCUT2D eigenvalue weighted by Crippen LogP contribution is -2.13. The van der Waals surface area contributed by atoms with Crippen molar-refractivity contribution in [2.24, 2.45) is 0 Å². The number of carbonyl (C=O) groups excluding carboxylic acids is 1. The first-order valence-corrected chi connectivity index (χ1v) is 10.5. The van der Waals surface area contributed by atoms with Crippen molar-refractivity contribution in [1.29, 1.82) is 5.26 Å². The maximum Gasteiger partial charge on any atom is 0.268 e. The van der Waals surface area contributed by atoms with Crippen molar-refractivity contribution in [2.75, 3.05) is 5.32 Å². The van der Waals surface area contributed by atoms with Gasteiger partial charge in [-0.3, -0.25) is 10.1 Å². The second kappa shape index (κ2) is 8.54. The van der Waals surface area contributed by atoms with Crippen LogP contribution in [0.2, 0.25) is 0 Å². The summed E-state index contributed by atoms with van der Waals surface area (Å²) in [5.74, 6) is -0.772. The third-order valence-corrected chi connectivity index (χ3v) is 5.78. The van der Waals surface area contributed by atoms with Gasteiger partial charge in [0.1, 0.15) is 17.5 Å². The molecular formula is C24H19FN4OS. The molecule has 0 saturated carbocycles. The van der Waals surface area contributed by atoms with Gasteiger partial charge in [0, 0.05) is 40.3 Å². The first kappa shape index (κ1) is 20.5. The highest BCUT2D eigenvalue weighted by Gasteiger charge is 2.17. The highest BCUT2D eigenvalue weighted by Crippen LogP contribution is 2.30. The molecule has 0 fully saturated rings. The number of nitriles is 1. The van der Waals surface area contributed by atoms with Crippen LogP contribution in [-0.2, 0) is 11.3 Å². The topological polar surface area (TPSA) is 70.7 Å². The maximum absolute atomic E-state index is 13.3. The second-order valence-corrected chi connectivity index (χ2v) is 8.09. The Balaban J connectivity index is 1.79. The Hall–Kier alpha value is -3.76. The first-order valence-electron chi connectivity index (χ1n) is 9.63. The molecule has 31 heavy (non-hydrogen) atoms. The fourth-order valence-electron chi connectivity index (χ4n) is 3.52. The average molecular weight is 431 g/mol. The summed E-state index contributed by atoms with van der Waals surface area (Å²) in [6.45, 7) is 4.51. The smallest absolute Gasteiger partial charge is 0.268 e. The summed E-state index contributed by atoms with van der Waals surface area (Å²) in [5, 5.41) is 15.4. The summed E-state index contributed by atoms with van der Waals surface area (Å²) in [7, 11) is 0. The molecule has 0 aliphatic carbocycles. The number of aryl methyl sites for hydroxylation is 1. The van der Waals surface area contributed by atoms with Crippen molar-refractivity contribution >= 4 is 39.4 Å². The predicted molar refractivity (Wildman–Crippen MR) is 121 cm³/mol. The van der Waals surface area contributed by atoms with Crippen molar-refractivity contribution in [3.05, 3.63) is 87.8 Å². The molecular weight excluding hydrogens is 411 g/mol. The van der Waals surface area contributed by atoms with E-state index in [-0.39, 0.29) is 11.4 Å². The molecule has 5 nitrogen and oxygen atoms in total. The van der Waals surface area contributed by atoms with E-state index in [4.69, 9.17) is 0 Å². The van der Waals surface area contributed by atoms with Gasteiger partial charge in [-0.25, -0.2) is 9.37 Å². The zero-order valence-corrected chi connectivity index (χ0v) is 17.8. The number of fused-ring (bicyclic) bond motifs is 1. The minimum atomic E-state index is -0.496. The van der Waals surface area contributed by atoms with Gasteiger partial charge in [-0.2, -0.15) is 5.26 Å². The van der Waals surface area contributed by atoms with E-state index in [1.54, 1.807) is 29.8 Å². The van der Waals surface area contributed by atoms with Crippen LogP contribution in [0.5, 0.6) is 0 Å². The van der Waals surface area contributed by atoms with Crippen molar-refractivity contribution in [3.63, 3.8) is 0 Å². The van der Waals surface area contributed by atoms with Crippen LogP contribution >= 0.6 is 11.3 Å². The van der Waals surface area contributed by atoms with Gasteiger partial charge in [0.25, 0.3) is 5.91 Å². The molecule has 154 valence electrons. The summed E-state index contributed by atoms with van der Waals surface area (Å²) in [5.41, 5.74) is 4.75. The van der Waals surface area contributed by atoms with Crippen molar-refractivity contribution in [1.82, 2.24) is 9.55 Å². The van der Waals surface area contributed by atoms with Crippen LogP contribution in [0.1, 0.15) is 22.4 Å². The van der Waals surface area contributed by atoms with Crippen LogP contribution in [0.4, 0.5) is 9.52 Å². The summed E-state index contributed by atoms with van der Waals surface area (Å²) in [4.78, 5) is 16.6. The number of thiazole rings is 1. The summed E-state index contributed by atoms with van der Waals surface area (Å²) >= 11 is 1.29. The van der Waals surface area contributed by atoms with Gasteiger partial charge in [0.15, 0.2) is 5.13 Å². The lowest BCUT2D eigenvalue weighted by atomic mass is 10.1. The van der Waals surface area contributed by atoms with E-state index >= 15 is 0 Å². The van der Waals surface area contributed by atoms with Gasteiger partial charge >= 0.3 is 0 Å². The molecule has 2 aromatic heterocycles. The second-order valence-electron chi connectivity index (χ2n) is 7.19. The Morgan fingerprint density at radius 1 is 1.26 bits per heavy atom. The minimum Gasteiger partial charge on any atom is -0.340 e. The molecule has 0 aliphatic heterocycles. The zero-order valence-electron chi connectivity index (χ0n) is 17.0. The number of amides is 1. The Kier molecular flexibility index (Phi) is 5.65. The molecule has 4 aromatic rings. The molecule has 1 N–H and O–H groups in total. The first-order chi connectivity index (χ1) is 15.0. The molecule has 7 heteroatoms. The fraction of sp³-hybridized carbons (Fsp3) is 0.125. The van der Waals surface area contributed by atoms with E-state index in [2.05, 4.69) is 14.9 Å². The molecule has 0 saturated heterocycles. The number of nitrogens with one attached hydrogen (secondary N) is 1. The van der Waals surface area contributed by atoms with Crippen LogP contribution in [-0.4, -0.2) is 15.5 Å². The number of hydrogen-bond acceptors (Lipinski definition) is 4. The standard InChI is InChI=1S/C24H19FN4OS/c1-15-3-8-22-21(11-15)20(12-18(13-26)23(30)28-24-27-9-10-31-24)16(2)29(22)14-17-4-6-19(25)7-5-17/h3-12H,14H2,1-2H3,(H,27,28,30)/b18-12-. The van der Waals surface area contributed by atoms with E-state index < -0.39 is 5.91 Å². The molecule has 0 unspecified atom stereocenters. The highest BCUT2D eigenvalue weighted by atomic mass is 32.1. The van der Waals surface area contributed by atoms with Crippen LogP contribution in [0.15, 0.2) is 59.6 Å². The van der Waals surface area contributed by atoms with Gasteiger partial charge < -0.3 is 4.57 Å². The molecule has 2 heterocycles. The van der Waals surface area contributed by atoms with Crippen LogP contribution in [0.25, 0.3) is 17.0 Å². The molecule has 0 aliphatic rings. The number of nitrogens with zero attached hydrogens (tertiary/aromatic N) is 3. The number of benzene rings is 2. The number of halogens is 1. The summed E-state index contributed by atoms with van der Waals surface area (Å²) in [6.07, 6.45) is 3.22. The van der Waals surface area contributed by atoms with Gasteiger partial charge in [-0.05, 0) is 49.8 Å². The normalized spacial score (nSPS) is 11.5. The Morgan fingerprint density at radius 3 is 2.71 bits per heavy atom. The van der Waals surface area contributed by atoms with Crippen molar-refractivity contribution in [2.45, 2.75) is 20.4 Å². The van der Waals surface area contributed by atoms with E-state index in [9.17, 15) is 14.4 Å². The van der Waals surface area contributed by atoms with Crippen LogP contribution < -0.4 is 5.32 Å². The Bertz CT molecular complexity index is 1330. The number of rotatable bonds is 5. The van der Waals surface area contributed by atoms with E-state index in [0.29, 0.717) is 11.7 Å². The quantitative estimate of drug-likeness (QED) is 0.338. The molecule has 1 amide bonds. The predicted octanol–water partition coefficient (Wildman–Crippen LogP) is 5.45. The van der Waals surface area contributed by atoms with Crippen molar-refractivity contribution in [3.8, 4) is 6.07 Å². The summed E-state index contributed by atoms with van der Waals surface area (Å²) in [6, 6.07) is 14.5. The number of hydrogen-bond donors (Lipinski definition) is 1. The van der Waals surface area contributed by atoms with E-state index in [0.717, 1.165) is 33.3 Å². The minimum absolute atomic E-state index is 0.000591. The maximum atomic E-state index is 13.3. The Morgan fingerprint density at radius 2 is 2.03 bits per heavy atom. The zero-order chi connectivity index (χ0) is 22.0. The lowest BCUT2D eigenvalue weighted by Gasteiger charge is -2.09. The van der Waals surface area contributed by atoms with E-state index in [1.807, 2.05) is 38.1 Å². The fourth-order valence-corrected chi connectivity index (χ4v) is 4.05. The third kappa shape index (κ3) is 4.25. The van der Waals surface area contributed by atoms with E-state index in [1.165, 1.54) is 23.5 Å². The number of carbonyl (C=O) groups is 1. The molecule has 4 rings (SSSR count). The SMILES string of the molecule is Cc1ccc2c(c1)c(/C=C(/C#N)C(=O)Nc1nccs1)c(C)n2Cc1ccc(F)cc1. The molecule has 0 radical (unpaired) electrons. The number of anilines is 1.